The van der Waals surface area contributed by atoms with Crippen LogP contribution >= 0.6 is 0 Å². The van der Waals surface area contributed by atoms with Gasteiger partial charge >= 0.3 is 6.15 Å². The highest BCUT2D eigenvalue weighted by Crippen LogP contribution is 2.18. The topological polar surface area (TPSA) is 139 Å². The Kier molecular flexibility index (Phi) is 7.11. The molecular formula is C22H19N3O6S. The molecule has 0 atom stereocenters. The second-order valence-electron chi connectivity index (χ2n) is 6.85. The molecule has 0 aliphatic heterocycles. The van der Waals surface area contributed by atoms with Crippen molar-refractivity contribution < 1.29 is 27.2 Å². The van der Waals surface area contributed by atoms with Crippen molar-refractivity contribution in [3.8, 4) is 0 Å². The number of H-pyrrole nitrogens is 1. The van der Waals surface area contributed by atoms with Gasteiger partial charge in [-0.2, -0.15) is 9.59 Å². The second kappa shape index (κ2) is 9.97. The highest BCUT2D eigenvalue weighted by atomic mass is 32.2. The zero-order chi connectivity index (χ0) is 23.1. The average Bonchev–Trinajstić information content (AvgIpc) is 3.41. The lowest BCUT2D eigenvalue weighted by Gasteiger charge is -2.07. The lowest BCUT2D eigenvalue weighted by Crippen LogP contribution is -2.23. The molecule has 9 nitrogen and oxygen atoms in total. The van der Waals surface area contributed by atoms with E-state index in [0.717, 1.165) is 22.3 Å². The number of carbonyl (C=O) groups is 1. The third-order valence-corrected chi connectivity index (χ3v) is 5.91. The van der Waals surface area contributed by atoms with Crippen LogP contribution in [0.3, 0.4) is 0 Å². The number of hydrogen-bond donors (Lipinski definition) is 2. The van der Waals surface area contributed by atoms with Crippen LogP contribution in [0.5, 0.6) is 0 Å². The first-order chi connectivity index (χ1) is 15.3. The Hall–Kier alpha value is -3.85. The van der Waals surface area contributed by atoms with E-state index < -0.39 is 10.0 Å². The van der Waals surface area contributed by atoms with Crippen LogP contribution in [0, 0.1) is 6.92 Å². The van der Waals surface area contributed by atoms with Crippen LogP contribution in [0.15, 0.2) is 70.3 Å². The number of furan rings is 1. The summed E-state index contributed by atoms with van der Waals surface area (Å²) >= 11 is 0. The number of aromatic amines is 1. The van der Waals surface area contributed by atoms with Crippen LogP contribution in [0.1, 0.15) is 27.4 Å². The van der Waals surface area contributed by atoms with Crippen molar-refractivity contribution in [2.75, 3.05) is 0 Å². The first kappa shape index (κ1) is 22.8. The summed E-state index contributed by atoms with van der Waals surface area (Å²) in [5, 5.41) is 0.936. The summed E-state index contributed by atoms with van der Waals surface area (Å²) in [6, 6.07) is 13.3. The van der Waals surface area contributed by atoms with Gasteiger partial charge in [-0.25, -0.2) is 18.1 Å². The maximum Gasteiger partial charge on any atom is 0.373 e. The van der Waals surface area contributed by atoms with E-state index >= 15 is 0 Å². The summed E-state index contributed by atoms with van der Waals surface area (Å²) < 4.78 is 32.7. The van der Waals surface area contributed by atoms with Crippen molar-refractivity contribution in [3.05, 3.63) is 83.6 Å². The van der Waals surface area contributed by atoms with Crippen LogP contribution < -0.4 is 4.72 Å². The smallest absolute Gasteiger partial charge is 0.373 e. The number of hydrogen-bond acceptors (Lipinski definition) is 7. The Morgan fingerprint density at radius 3 is 2.66 bits per heavy atom. The summed E-state index contributed by atoms with van der Waals surface area (Å²) in [6.07, 6.45) is 3.52. The maximum absolute atomic E-state index is 12.7. The van der Waals surface area contributed by atoms with Gasteiger partial charge in [-0.1, -0.05) is 12.1 Å². The largest absolute Gasteiger partial charge is 0.468 e. The number of carbonyl (C=O) groups excluding carboxylic acids is 3. The van der Waals surface area contributed by atoms with Gasteiger partial charge in [0, 0.05) is 29.3 Å². The molecular weight excluding hydrogens is 434 g/mol. The molecule has 164 valence electrons. The van der Waals surface area contributed by atoms with E-state index in [4.69, 9.17) is 14.0 Å². The molecule has 10 heteroatoms. The van der Waals surface area contributed by atoms with Gasteiger partial charge in [-0.05, 0) is 48.9 Å². The molecule has 0 amide bonds. The molecule has 0 bridgehead atoms. The maximum atomic E-state index is 12.7. The minimum Gasteiger partial charge on any atom is -0.468 e. The predicted molar refractivity (Wildman–Crippen MR) is 113 cm³/mol. The standard InChI is InChI=1S/C21H19N3O4S.CO2/c1-14-8-17-9-15(12-22-21(17)24-14)10-20(25)16-4-2-6-19(11-16)29(26,27)23-13-18-5-3-7-28-18;2-1-3/h2-9,11-12,23H,10,13H2,1H3,(H,22,24);. The van der Waals surface area contributed by atoms with Crippen LogP contribution in [-0.2, 0) is 32.6 Å². The minimum absolute atomic E-state index is 0.0322. The lowest BCUT2D eigenvalue weighted by atomic mass is 10.0. The van der Waals surface area contributed by atoms with E-state index in [1.165, 1.54) is 18.4 Å². The van der Waals surface area contributed by atoms with Crippen molar-refractivity contribution in [2.45, 2.75) is 24.8 Å². The highest BCUT2D eigenvalue weighted by Gasteiger charge is 2.17. The van der Waals surface area contributed by atoms with E-state index in [1.807, 2.05) is 19.1 Å². The number of sulfonamides is 1. The van der Waals surface area contributed by atoms with Gasteiger partial charge < -0.3 is 9.40 Å². The SMILES string of the molecule is Cc1cc2cc(CC(=O)c3cccc(S(=O)(=O)NCc4ccco4)c3)cnc2[nH]1.O=C=O. The zero-order valence-electron chi connectivity index (χ0n) is 17.0. The van der Waals surface area contributed by atoms with Crippen LogP contribution in [0.2, 0.25) is 0 Å². The molecule has 32 heavy (non-hydrogen) atoms. The second-order valence-corrected chi connectivity index (χ2v) is 8.62. The molecule has 0 saturated carbocycles. The summed E-state index contributed by atoms with van der Waals surface area (Å²) in [5.41, 5.74) is 2.87. The number of aromatic nitrogens is 2. The number of rotatable bonds is 7. The highest BCUT2D eigenvalue weighted by molar-refractivity contribution is 7.89. The normalized spacial score (nSPS) is 10.9. The van der Waals surface area contributed by atoms with Gasteiger partial charge in [-0.15, -0.1) is 0 Å². The number of ketones is 1. The van der Waals surface area contributed by atoms with Crippen molar-refractivity contribution in [1.29, 1.82) is 0 Å². The average molecular weight is 453 g/mol. The molecule has 3 heterocycles. The molecule has 0 spiro atoms. The minimum atomic E-state index is -3.77. The number of fused-ring (bicyclic) bond motifs is 1. The van der Waals surface area contributed by atoms with Crippen LogP contribution in [0.4, 0.5) is 0 Å². The molecule has 0 fully saturated rings. The van der Waals surface area contributed by atoms with E-state index in [9.17, 15) is 13.2 Å². The van der Waals surface area contributed by atoms with Gasteiger partial charge in [0.15, 0.2) is 5.78 Å². The van der Waals surface area contributed by atoms with Crippen molar-refractivity contribution >= 4 is 33.0 Å². The first-order valence-corrected chi connectivity index (χ1v) is 10.9. The number of Topliss-reactive ketones (excluding diaryl/α,β-unsaturated/α-hetero) is 1. The summed E-state index contributed by atoms with van der Waals surface area (Å²) in [4.78, 5) is 36.5. The van der Waals surface area contributed by atoms with Gasteiger partial charge in [0.2, 0.25) is 10.0 Å². The Balaban J connectivity index is 0.000000913. The summed E-state index contributed by atoms with van der Waals surface area (Å²) in [5.74, 6) is 0.324. The van der Waals surface area contributed by atoms with Gasteiger partial charge in [-0.3, -0.25) is 4.79 Å². The Labute approximate surface area is 183 Å². The number of nitrogens with zero attached hydrogens (tertiary/aromatic N) is 1. The molecule has 4 aromatic rings. The number of pyridine rings is 1. The fraction of sp³-hybridized carbons (Fsp3) is 0.136. The third kappa shape index (κ3) is 5.64. The Bertz CT molecular complexity index is 1370. The Morgan fingerprint density at radius 1 is 1.16 bits per heavy atom. The zero-order valence-corrected chi connectivity index (χ0v) is 17.8. The van der Waals surface area contributed by atoms with E-state index in [1.54, 1.807) is 30.5 Å². The van der Waals surface area contributed by atoms with Gasteiger partial charge in [0.25, 0.3) is 0 Å². The fourth-order valence-corrected chi connectivity index (χ4v) is 4.12. The molecule has 4 rings (SSSR count). The molecule has 0 radical (unpaired) electrons. The summed E-state index contributed by atoms with van der Waals surface area (Å²) in [7, 11) is -3.77. The quantitative estimate of drug-likeness (QED) is 0.410. The number of aryl methyl sites for hydroxylation is 1. The molecule has 3 aromatic heterocycles. The van der Waals surface area contributed by atoms with Gasteiger partial charge in [0.1, 0.15) is 11.4 Å². The molecule has 1 aromatic carbocycles. The third-order valence-electron chi connectivity index (χ3n) is 4.51. The molecule has 0 unspecified atom stereocenters. The van der Waals surface area contributed by atoms with Gasteiger partial charge in [0.05, 0.1) is 17.7 Å². The first-order valence-electron chi connectivity index (χ1n) is 9.41. The lowest BCUT2D eigenvalue weighted by molar-refractivity contribution is -0.191. The molecule has 2 N–H and O–H groups in total. The van der Waals surface area contributed by atoms with Crippen molar-refractivity contribution in [2.24, 2.45) is 0 Å². The number of nitrogens with one attached hydrogen (secondary N) is 2. The summed E-state index contributed by atoms with van der Waals surface area (Å²) in [6.45, 7) is 1.98. The molecule has 0 aliphatic carbocycles. The van der Waals surface area contributed by atoms with E-state index in [-0.39, 0.29) is 29.8 Å². The van der Waals surface area contributed by atoms with Crippen LogP contribution in [0.25, 0.3) is 11.0 Å². The molecule has 0 saturated heterocycles. The van der Waals surface area contributed by atoms with Crippen molar-refractivity contribution in [1.82, 2.24) is 14.7 Å². The molecule has 0 aliphatic rings. The van der Waals surface area contributed by atoms with E-state index in [0.29, 0.717) is 11.3 Å². The van der Waals surface area contributed by atoms with Crippen LogP contribution in [-0.4, -0.2) is 30.3 Å². The van der Waals surface area contributed by atoms with E-state index in [2.05, 4.69) is 14.7 Å². The number of benzene rings is 1. The Morgan fingerprint density at radius 2 is 1.94 bits per heavy atom. The predicted octanol–water partition coefficient (Wildman–Crippen LogP) is 2.78. The fourth-order valence-electron chi connectivity index (χ4n) is 3.08. The monoisotopic (exact) mass is 453 g/mol. The van der Waals surface area contributed by atoms with Crippen molar-refractivity contribution in [3.63, 3.8) is 0 Å².